The van der Waals surface area contributed by atoms with E-state index >= 15 is 0 Å². The predicted octanol–water partition coefficient (Wildman–Crippen LogP) is 4.96. The van der Waals surface area contributed by atoms with Crippen LogP contribution in [-0.4, -0.2) is 49.6 Å². The van der Waals surface area contributed by atoms with Gasteiger partial charge in [-0.15, -0.1) is 12.4 Å². The van der Waals surface area contributed by atoms with E-state index in [1.807, 2.05) is 69.2 Å². The monoisotopic (exact) mass is 453 g/mol. The van der Waals surface area contributed by atoms with E-state index in [4.69, 9.17) is 21.3 Å². The fourth-order valence-corrected chi connectivity index (χ4v) is 3.98. The molecule has 0 atom stereocenters. The topological polar surface area (TPSA) is 45.7 Å². The van der Waals surface area contributed by atoms with Crippen molar-refractivity contribution in [2.24, 2.45) is 0 Å². The Labute approximate surface area is 186 Å². The number of nitrogens with zero attached hydrogens (tertiary/aromatic N) is 3. The zero-order chi connectivity index (χ0) is 20.3. The van der Waals surface area contributed by atoms with Crippen molar-refractivity contribution in [2.45, 2.75) is 13.8 Å². The molecule has 0 fully saturated rings. The number of likely N-dealkylation sites (N-methyl/N-ethyl adjacent to an activating group) is 1. The van der Waals surface area contributed by atoms with E-state index in [2.05, 4.69) is 0 Å². The third-order valence-electron chi connectivity index (χ3n) is 4.39. The molecule has 0 bridgehead atoms. The molecule has 0 aliphatic rings. The van der Waals surface area contributed by atoms with Crippen LogP contribution >= 0.6 is 35.3 Å². The van der Waals surface area contributed by atoms with Crippen LogP contribution in [-0.2, 0) is 4.79 Å². The van der Waals surface area contributed by atoms with Gasteiger partial charge in [-0.3, -0.25) is 9.69 Å². The standard InChI is InChI=1S/C21H24ClN3O2S.ClH/c1-14-6-5-7-16(12-14)27-13-19(26)25(11-10-24(3)4)21-23-20-15(2)17(22)8-9-18(20)28-21;/h5-9,12H,10-11,13H2,1-4H3;1H. The van der Waals surface area contributed by atoms with E-state index in [1.54, 1.807) is 4.90 Å². The Morgan fingerprint density at radius 3 is 2.62 bits per heavy atom. The highest BCUT2D eigenvalue weighted by Crippen LogP contribution is 2.33. The lowest BCUT2D eigenvalue weighted by atomic mass is 10.2. The zero-order valence-electron chi connectivity index (χ0n) is 16.9. The summed E-state index contributed by atoms with van der Waals surface area (Å²) in [5.74, 6) is 0.569. The lowest BCUT2D eigenvalue weighted by molar-refractivity contribution is -0.120. The minimum absolute atomic E-state index is 0. The van der Waals surface area contributed by atoms with E-state index < -0.39 is 0 Å². The molecule has 0 aliphatic carbocycles. The number of hydrogen-bond acceptors (Lipinski definition) is 5. The molecule has 0 radical (unpaired) electrons. The third-order valence-corrected chi connectivity index (χ3v) is 5.84. The largest absolute Gasteiger partial charge is 0.484 e. The maximum absolute atomic E-state index is 13.0. The van der Waals surface area contributed by atoms with Gasteiger partial charge in [0, 0.05) is 18.1 Å². The number of ether oxygens (including phenoxy) is 1. The molecular weight excluding hydrogens is 429 g/mol. The van der Waals surface area contributed by atoms with Gasteiger partial charge in [0.2, 0.25) is 0 Å². The smallest absolute Gasteiger partial charge is 0.266 e. The molecule has 29 heavy (non-hydrogen) atoms. The van der Waals surface area contributed by atoms with E-state index in [0.29, 0.717) is 22.4 Å². The number of hydrogen-bond donors (Lipinski definition) is 0. The van der Waals surface area contributed by atoms with Crippen LogP contribution in [0.4, 0.5) is 5.13 Å². The van der Waals surface area contributed by atoms with Gasteiger partial charge in [0.25, 0.3) is 5.91 Å². The molecule has 5 nitrogen and oxygen atoms in total. The van der Waals surface area contributed by atoms with Crippen LogP contribution in [0.25, 0.3) is 10.2 Å². The van der Waals surface area contributed by atoms with Crippen molar-refractivity contribution in [2.75, 3.05) is 38.7 Å². The molecule has 1 amide bonds. The van der Waals surface area contributed by atoms with Gasteiger partial charge < -0.3 is 9.64 Å². The number of halogens is 2. The summed E-state index contributed by atoms with van der Waals surface area (Å²) in [6.45, 7) is 5.17. The minimum Gasteiger partial charge on any atom is -0.484 e. The van der Waals surface area contributed by atoms with Gasteiger partial charge in [0.1, 0.15) is 5.75 Å². The Bertz CT molecular complexity index is 991. The van der Waals surface area contributed by atoms with E-state index in [-0.39, 0.29) is 24.9 Å². The third kappa shape index (κ3) is 5.82. The summed E-state index contributed by atoms with van der Waals surface area (Å²) in [7, 11) is 3.96. The number of carbonyl (C=O) groups is 1. The Hall–Kier alpha value is -1.86. The second-order valence-electron chi connectivity index (χ2n) is 6.97. The summed E-state index contributed by atoms with van der Waals surface area (Å²) < 4.78 is 6.74. The maximum atomic E-state index is 13.0. The summed E-state index contributed by atoms with van der Waals surface area (Å²) in [5, 5.41) is 1.35. The first-order valence-corrected chi connectivity index (χ1v) is 10.2. The van der Waals surface area contributed by atoms with Crippen LogP contribution in [0.2, 0.25) is 5.02 Å². The summed E-state index contributed by atoms with van der Waals surface area (Å²) >= 11 is 7.72. The highest BCUT2D eigenvalue weighted by Gasteiger charge is 2.21. The van der Waals surface area contributed by atoms with Crippen molar-refractivity contribution in [3.8, 4) is 5.75 Å². The second kappa shape index (κ2) is 10.3. The molecule has 0 saturated carbocycles. The fraction of sp³-hybridized carbons (Fsp3) is 0.333. The van der Waals surface area contributed by atoms with Gasteiger partial charge in [0.15, 0.2) is 11.7 Å². The Kier molecular flexibility index (Phi) is 8.28. The lowest BCUT2D eigenvalue weighted by Crippen LogP contribution is -2.39. The van der Waals surface area contributed by atoms with Gasteiger partial charge in [-0.05, 0) is 63.3 Å². The van der Waals surface area contributed by atoms with Gasteiger partial charge in [-0.25, -0.2) is 4.98 Å². The van der Waals surface area contributed by atoms with Gasteiger partial charge in [-0.2, -0.15) is 0 Å². The molecule has 0 saturated heterocycles. The molecule has 1 aromatic heterocycles. The number of amides is 1. The van der Waals surface area contributed by atoms with Crippen molar-refractivity contribution in [1.29, 1.82) is 0 Å². The van der Waals surface area contributed by atoms with Gasteiger partial charge in [-0.1, -0.05) is 35.1 Å². The summed E-state index contributed by atoms with van der Waals surface area (Å²) in [6.07, 6.45) is 0. The molecule has 0 aliphatic heterocycles. The average Bonchev–Trinajstić information content (AvgIpc) is 3.08. The summed E-state index contributed by atoms with van der Waals surface area (Å²) in [4.78, 5) is 21.4. The number of aryl methyl sites for hydroxylation is 2. The van der Waals surface area contributed by atoms with Gasteiger partial charge >= 0.3 is 0 Å². The number of thiazole rings is 1. The van der Waals surface area contributed by atoms with Crippen LogP contribution in [0.15, 0.2) is 36.4 Å². The molecule has 8 heteroatoms. The maximum Gasteiger partial charge on any atom is 0.266 e. The second-order valence-corrected chi connectivity index (χ2v) is 8.39. The van der Waals surface area contributed by atoms with E-state index in [9.17, 15) is 4.79 Å². The molecule has 3 rings (SSSR count). The Balaban J connectivity index is 0.00000300. The predicted molar refractivity (Wildman–Crippen MR) is 124 cm³/mol. The molecule has 0 unspecified atom stereocenters. The molecule has 0 spiro atoms. The molecule has 0 N–H and O–H groups in total. The molecule has 2 aromatic carbocycles. The first-order valence-electron chi connectivity index (χ1n) is 9.05. The Morgan fingerprint density at radius 2 is 1.93 bits per heavy atom. The van der Waals surface area contributed by atoms with Crippen LogP contribution in [0, 0.1) is 13.8 Å². The van der Waals surface area contributed by atoms with Crippen molar-refractivity contribution in [3.63, 3.8) is 0 Å². The van der Waals surface area contributed by atoms with Crippen LogP contribution in [0.1, 0.15) is 11.1 Å². The van der Waals surface area contributed by atoms with Crippen molar-refractivity contribution in [3.05, 3.63) is 52.5 Å². The van der Waals surface area contributed by atoms with Crippen molar-refractivity contribution < 1.29 is 9.53 Å². The van der Waals surface area contributed by atoms with Crippen LogP contribution in [0.5, 0.6) is 5.75 Å². The normalized spacial score (nSPS) is 10.8. The number of benzene rings is 2. The summed E-state index contributed by atoms with van der Waals surface area (Å²) in [5.41, 5.74) is 2.86. The zero-order valence-corrected chi connectivity index (χ0v) is 19.3. The quantitative estimate of drug-likeness (QED) is 0.506. The molecule has 3 aromatic rings. The molecular formula is C21H25Cl2N3O2S. The number of fused-ring (bicyclic) bond motifs is 1. The first kappa shape index (κ1) is 23.4. The number of rotatable bonds is 7. The molecule has 156 valence electrons. The Morgan fingerprint density at radius 1 is 1.17 bits per heavy atom. The fourth-order valence-electron chi connectivity index (χ4n) is 2.76. The van der Waals surface area contributed by atoms with E-state index in [1.165, 1.54) is 11.3 Å². The van der Waals surface area contributed by atoms with Crippen LogP contribution in [0.3, 0.4) is 0 Å². The van der Waals surface area contributed by atoms with E-state index in [0.717, 1.165) is 27.9 Å². The molecule has 1 heterocycles. The SMILES string of the molecule is Cc1cccc(OCC(=O)N(CCN(C)C)c2nc3c(C)c(Cl)ccc3s2)c1.Cl. The highest BCUT2D eigenvalue weighted by molar-refractivity contribution is 7.22. The first-order chi connectivity index (χ1) is 13.3. The number of aromatic nitrogens is 1. The average molecular weight is 454 g/mol. The highest BCUT2D eigenvalue weighted by atomic mass is 35.5. The number of anilines is 1. The van der Waals surface area contributed by atoms with Crippen molar-refractivity contribution in [1.82, 2.24) is 9.88 Å². The summed E-state index contributed by atoms with van der Waals surface area (Å²) in [6, 6.07) is 11.5. The van der Waals surface area contributed by atoms with Gasteiger partial charge in [0.05, 0.1) is 10.2 Å². The number of carbonyl (C=O) groups excluding carboxylic acids is 1. The van der Waals surface area contributed by atoms with Crippen molar-refractivity contribution >= 4 is 56.6 Å². The lowest BCUT2D eigenvalue weighted by Gasteiger charge is -2.22. The van der Waals surface area contributed by atoms with Crippen LogP contribution < -0.4 is 9.64 Å². The minimum atomic E-state index is -0.119.